The summed E-state index contributed by atoms with van der Waals surface area (Å²) in [6.07, 6.45) is 0. The van der Waals surface area contributed by atoms with Gasteiger partial charge in [0.15, 0.2) is 5.52 Å². The Hall–Kier alpha value is -4.25. The highest BCUT2D eigenvalue weighted by Crippen LogP contribution is 2.28. The first-order valence-electron chi connectivity index (χ1n) is 9.82. The quantitative estimate of drug-likeness (QED) is 0.237. The summed E-state index contributed by atoms with van der Waals surface area (Å²) in [5.74, 6) is -0.264. The Labute approximate surface area is 188 Å². The van der Waals surface area contributed by atoms with E-state index in [1.54, 1.807) is 31.2 Å². The summed E-state index contributed by atoms with van der Waals surface area (Å²) in [6, 6.07) is 16.5. The van der Waals surface area contributed by atoms with Crippen molar-refractivity contribution in [3.05, 3.63) is 82.4 Å². The van der Waals surface area contributed by atoms with Crippen LogP contribution in [-0.2, 0) is 14.8 Å². The van der Waals surface area contributed by atoms with Crippen LogP contribution >= 0.6 is 0 Å². The molecule has 0 saturated carbocycles. The number of H-pyrrole nitrogens is 1. The molecular weight excluding hydrogens is 448 g/mol. The molecule has 2 N–H and O–H groups in total. The Morgan fingerprint density at radius 1 is 1.12 bits per heavy atom. The second-order valence-electron chi connectivity index (χ2n) is 6.95. The Balaban J connectivity index is 1.66. The lowest BCUT2D eigenvalue weighted by Crippen LogP contribution is -2.14. The van der Waals surface area contributed by atoms with Gasteiger partial charge in [0.05, 0.1) is 27.5 Å². The number of nitro groups is 1. The smallest absolute Gasteiger partial charge is 0.338 e. The fraction of sp³-hybridized carbons (Fsp3) is 0.0909. The van der Waals surface area contributed by atoms with Crippen LogP contribution in [0.15, 0.2) is 71.6 Å². The fourth-order valence-electron chi connectivity index (χ4n) is 3.25. The highest BCUT2D eigenvalue weighted by atomic mass is 32.2. The van der Waals surface area contributed by atoms with Gasteiger partial charge < -0.3 is 9.72 Å². The number of hydrogen-bond donors (Lipinski definition) is 2. The predicted molar refractivity (Wildman–Crippen MR) is 121 cm³/mol. The van der Waals surface area contributed by atoms with Crippen molar-refractivity contribution in [1.29, 1.82) is 0 Å². The zero-order valence-electron chi connectivity index (χ0n) is 17.3. The van der Waals surface area contributed by atoms with Gasteiger partial charge in [-0.2, -0.15) is 0 Å². The monoisotopic (exact) mass is 466 g/mol. The standard InChI is InChI=1S/C22H18N4O6S/c1-2-32-22(27)15-7-3-8-16(12-15)25-33(30,31)17-9-4-6-14(13-17)21-23-18-10-5-11-19(26(28)29)20(18)24-21/h3-13,25H,2H2,1H3,(H,23,24). The molecule has 10 nitrogen and oxygen atoms in total. The minimum Gasteiger partial charge on any atom is -0.462 e. The van der Waals surface area contributed by atoms with Crippen LogP contribution in [0.3, 0.4) is 0 Å². The van der Waals surface area contributed by atoms with E-state index in [1.165, 1.54) is 42.5 Å². The zero-order valence-corrected chi connectivity index (χ0v) is 18.1. The van der Waals surface area contributed by atoms with E-state index < -0.39 is 20.9 Å². The van der Waals surface area contributed by atoms with E-state index in [4.69, 9.17) is 4.74 Å². The van der Waals surface area contributed by atoms with Crippen LogP contribution in [0.25, 0.3) is 22.4 Å². The third-order valence-corrected chi connectivity index (χ3v) is 6.11. The van der Waals surface area contributed by atoms with Gasteiger partial charge in [-0.15, -0.1) is 0 Å². The maximum Gasteiger partial charge on any atom is 0.338 e. The van der Waals surface area contributed by atoms with Crippen LogP contribution in [-0.4, -0.2) is 35.9 Å². The third kappa shape index (κ3) is 4.53. The summed E-state index contributed by atoms with van der Waals surface area (Å²) in [5.41, 5.74) is 1.34. The number of para-hydroxylation sites is 1. The van der Waals surface area contributed by atoms with E-state index in [-0.39, 0.29) is 34.0 Å². The summed E-state index contributed by atoms with van der Waals surface area (Å²) in [7, 11) is -4.00. The highest BCUT2D eigenvalue weighted by Gasteiger charge is 2.19. The van der Waals surface area contributed by atoms with E-state index >= 15 is 0 Å². The number of esters is 1. The van der Waals surface area contributed by atoms with Crippen molar-refractivity contribution in [2.75, 3.05) is 11.3 Å². The van der Waals surface area contributed by atoms with Gasteiger partial charge in [-0.1, -0.05) is 24.3 Å². The average molecular weight is 466 g/mol. The van der Waals surface area contributed by atoms with Crippen molar-refractivity contribution < 1.29 is 22.9 Å². The number of carbonyl (C=O) groups excluding carboxylic acids is 1. The van der Waals surface area contributed by atoms with Crippen molar-refractivity contribution in [3.8, 4) is 11.4 Å². The average Bonchev–Trinajstić information content (AvgIpc) is 3.23. The van der Waals surface area contributed by atoms with Gasteiger partial charge in [0.25, 0.3) is 15.7 Å². The number of sulfonamides is 1. The molecule has 0 radical (unpaired) electrons. The molecule has 168 valence electrons. The summed E-state index contributed by atoms with van der Waals surface area (Å²) >= 11 is 0. The molecule has 0 amide bonds. The van der Waals surface area contributed by atoms with Gasteiger partial charge >= 0.3 is 5.97 Å². The molecule has 0 aliphatic carbocycles. The predicted octanol–water partition coefficient (Wildman–Crippen LogP) is 4.12. The van der Waals surface area contributed by atoms with Gasteiger partial charge in [-0.25, -0.2) is 18.2 Å². The molecule has 4 aromatic rings. The van der Waals surface area contributed by atoms with Gasteiger partial charge in [-0.05, 0) is 43.3 Å². The fourth-order valence-corrected chi connectivity index (χ4v) is 4.34. The van der Waals surface area contributed by atoms with Crippen LogP contribution in [0, 0.1) is 10.1 Å². The SMILES string of the molecule is CCOC(=O)c1cccc(NS(=O)(=O)c2cccc(-c3nc4c([N+](=O)[O-])cccc4[nH]3)c2)c1. The lowest BCUT2D eigenvalue weighted by Gasteiger charge is -2.10. The molecule has 0 spiro atoms. The number of hydrogen-bond acceptors (Lipinski definition) is 7. The van der Waals surface area contributed by atoms with Crippen molar-refractivity contribution in [2.24, 2.45) is 0 Å². The summed E-state index contributed by atoms with van der Waals surface area (Å²) < 4.78 is 33.3. The molecule has 0 saturated heterocycles. The number of aromatic amines is 1. The Bertz CT molecular complexity index is 1480. The molecule has 33 heavy (non-hydrogen) atoms. The molecule has 3 aromatic carbocycles. The second-order valence-corrected chi connectivity index (χ2v) is 8.63. The number of imidazole rings is 1. The minimum atomic E-state index is -4.00. The first kappa shape index (κ1) is 22.0. The van der Waals surface area contributed by atoms with Crippen LogP contribution < -0.4 is 4.72 Å². The van der Waals surface area contributed by atoms with E-state index in [2.05, 4.69) is 14.7 Å². The Morgan fingerprint density at radius 2 is 1.88 bits per heavy atom. The number of ether oxygens (including phenoxy) is 1. The first-order valence-corrected chi connectivity index (χ1v) is 11.3. The van der Waals surface area contributed by atoms with Crippen LogP contribution in [0.1, 0.15) is 17.3 Å². The molecule has 0 fully saturated rings. The molecule has 1 heterocycles. The van der Waals surface area contributed by atoms with Gasteiger partial charge in [0.1, 0.15) is 5.82 Å². The maximum atomic E-state index is 13.0. The largest absolute Gasteiger partial charge is 0.462 e. The number of fused-ring (bicyclic) bond motifs is 1. The Morgan fingerprint density at radius 3 is 2.64 bits per heavy atom. The van der Waals surface area contributed by atoms with Crippen molar-refractivity contribution in [1.82, 2.24) is 9.97 Å². The van der Waals surface area contributed by atoms with E-state index in [1.807, 2.05) is 0 Å². The topological polar surface area (TPSA) is 144 Å². The summed E-state index contributed by atoms with van der Waals surface area (Å²) in [5, 5.41) is 11.3. The van der Waals surface area contributed by atoms with Crippen molar-refractivity contribution >= 4 is 38.4 Å². The van der Waals surface area contributed by atoms with Crippen LogP contribution in [0.5, 0.6) is 0 Å². The molecule has 0 atom stereocenters. The molecule has 0 bridgehead atoms. The van der Waals surface area contributed by atoms with Crippen molar-refractivity contribution in [3.63, 3.8) is 0 Å². The molecule has 0 aliphatic rings. The molecule has 1 aromatic heterocycles. The summed E-state index contributed by atoms with van der Waals surface area (Å²) in [6.45, 7) is 1.88. The zero-order chi connectivity index (χ0) is 23.6. The molecular formula is C22H18N4O6S. The molecule has 0 unspecified atom stereocenters. The second kappa shape index (κ2) is 8.71. The van der Waals surface area contributed by atoms with E-state index in [9.17, 15) is 23.3 Å². The Kier molecular flexibility index (Phi) is 5.80. The normalized spacial score (nSPS) is 11.3. The van der Waals surface area contributed by atoms with Gasteiger partial charge in [-0.3, -0.25) is 14.8 Å². The van der Waals surface area contributed by atoms with E-state index in [0.717, 1.165) is 0 Å². The lowest BCUT2D eigenvalue weighted by atomic mass is 10.2. The first-order chi connectivity index (χ1) is 15.8. The third-order valence-electron chi connectivity index (χ3n) is 4.73. The number of nitrogens with zero attached hydrogens (tertiary/aromatic N) is 2. The lowest BCUT2D eigenvalue weighted by molar-refractivity contribution is -0.383. The number of rotatable bonds is 7. The van der Waals surface area contributed by atoms with Crippen LogP contribution in [0.4, 0.5) is 11.4 Å². The molecule has 4 rings (SSSR count). The molecule has 11 heteroatoms. The number of non-ortho nitro benzene ring substituents is 1. The molecule has 0 aliphatic heterocycles. The minimum absolute atomic E-state index is 0.0449. The van der Waals surface area contributed by atoms with Crippen molar-refractivity contribution in [2.45, 2.75) is 11.8 Å². The number of anilines is 1. The number of carbonyl (C=O) groups is 1. The van der Waals surface area contributed by atoms with Crippen LogP contribution in [0.2, 0.25) is 0 Å². The number of nitro benzene ring substituents is 1. The summed E-state index contributed by atoms with van der Waals surface area (Å²) in [4.78, 5) is 29.9. The number of nitrogens with one attached hydrogen (secondary N) is 2. The van der Waals surface area contributed by atoms with Gasteiger partial charge in [0.2, 0.25) is 0 Å². The van der Waals surface area contributed by atoms with Gasteiger partial charge in [0, 0.05) is 17.3 Å². The highest BCUT2D eigenvalue weighted by molar-refractivity contribution is 7.92. The maximum absolute atomic E-state index is 13.0. The number of aromatic nitrogens is 2. The van der Waals surface area contributed by atoms with E-state index in [0.29, 0.717) is 16.9 Å². The number of benzene rings is 3.